The number of imidazole rings is 1. The van der Waals surface area contributed by atoms with Crippen LogP contribution in [0.15, 0.2) is 77.8 Å². The Balaban J connectivity index is 1.38. The molecule has 1 saturated heterocycles. The van der Waals surface area contributed by atoms with Crippen molar-refractivity contribution in [3.8, 4) is 17.9 Å². The molecule has 2 aromatic heterocycles. The number of amides is 1. The van der Waals surface area contributed by atoms with Crippen LogP contribution in [0.25, 0.3) is 5.65 Å². The summed E-state index contributed by atoms with van der Waals surface area (Å²) in [5.41, 5.74) is 7.19. The maximum absolute atomic E-state index is 13.6. The lowest BCUT2D eigenvalue weighted by atomic mass is 9.85. The second kappa shape index (κ2) is 15.0. The zero-order chi connectivity index (χ0) is 34.3. The summed E-state index contributed by atoms with van der Waals surface area (Å²) in [6.07, 6.45) is 7.21. The van der Waals surface area contributed by atoms with Crippen molar-refractivity contribution in [2.24, 2.45) is 4.99 Å². The Kier molecular flexibility index (Phi) is 10.6. The molecule has 3 heterocycles. The van der Waals surface area contributed by atoms with Crippen LogP contribution in [-0.2, 0) is 12.0 Å². The number of fused-ring (bicyclic) bond motifs is 1. The Morgan fingerprint density at radius 3 is 2.60 bits per heavy atom. The molecule has 1 fully saturated rings. The number of hydrogen-bond donors (Lipinski definition) is 3. The van der Waals surface area contributed by atoms with Crippen LogP contribution in [0, 0.1) is 30.1 Å². The summed E-state index contributed by atoms with van der Waals surface area (Å²) in [5.74, 6) is 6.28. The number of nitrogens with zero attached hydrogens (tertiary/aromatic N) is 6. The number of pyridine rings is 1. The second-order valence-corrected chi connectivity index (χ2v) is 12.6. The van der Waals surface area contributed by atoms with Gasteiger partial charge in [-0.25, -0.2) is 4.98 Å². The lowest BCUT2D eigenvalue weighted by Gasteiger charge is -2.32. The van der Waals surface area contributed by atoms with Crippen molar-refractivity contribution in [2.45, 2.75) is 32.7 Å². The summed E-state index contributed by atoms with van der Waals surface area (Å²) in [6.45, 7) is 10.5. The summed E-state index contributed by atoms with van der Waals surface area (Å²) < 4.78 is 1.93. The topological polar surface area (TPSA) is 113 Å². The Morgan fingerprint density at radius 1 is 1.08 bits per heavy atom. The molecule has 0 radical (unpaired) electrons. The number of likely N-dealkylation sites (N-methyl/N-ethyl adjacent to an activating group) is 1. The number of allylic oxidation sites excluding steroid dienone is 1. The van der Waals surface area contributed by atoms with E-state index in [-0.39, 0.29) is 5.91 Å². The van der Waals surface area contributed by atoms with Crippen molar-refractivity contribution >= 4 is 29.1 Å². The van der Waals surface area contributed by atoms with Gasteiger partial charge >= 0.3 is 0 Å². The number of nitriles is 1. The van der Waals surface area contributed by atoms with E-state index in [9.17, 15) is 10.1 Å². The van der Waals surface area contributed by atoms with E-state index >= 15 is 0 Å². The fraction of sp³-hybridized carbons (Fsp3) is 0.316. The molecule has 48 heavy (non-hydrogen) atoms. The molecular weight excluding hydrogens is 598 g/mol. The number of carbonyl (C=O) groups is 1. The summed E-state index contributed by atoms with van der Waals surface area (Å²) in [4.78, 5) is 27.1. The first-order valence-electron chi connectivity index (χ1n) is 16.0. The molecule has 0 spiro atoms. The first kappa shape index (κ1) is 33.9. The number of hydrogen-bond acceptors (Lipinski definition) is 8. The maximum atomic E-state index is 13.6. The molecule has 0 unspecified atom stereocenters. The van der Waals surface area contributed by atoms with Gasteiger partial charge < -0.3 is 20.9 Å². The van der Waals surface area contributed by atoms with Crippen molar-refractivity contribution in [3.63, 3.8) is 0 Å². The highest BCUT2D eigenvalue weighted by molar-refractivity contribution is 6.04. The fourth-order valence-electron chi connectivity index (χ4n) is 5.53. The van der Waals surface area contributed by atoms with Crippen LogP contribution in [-0.4, -0.2) is 78.6 Å². The van der Waals surface area contributed by atoms with E-state index in [1.54, 1.807) is 19.5 Å². The largest absolute Gasteiger partial charge is 0.392 e. The standard InChI is InChI=1S/C38H43N9O/c1-27-9-10-30(20-29(27)11-12-34-24-42-36-35(8-7-13-47(34)36)43-33(22-40-4)23-41-5)37(48)44-32-19-28(18-31(21-32)38(2,3)26-39)25-46-16-14-45(6)15-17-46/h7-10,13,18-24,40,43H,14-17,25H2,1-6H3,(H,44,48)/b33-22+,41-23?. The van der Waals surface area contributed by atoms with Crippen LogP contribution < -0.4 is 16.0 Å². The smallest absolute Gasteiger partial charge is 0.255 e. The monoisotopic (exact) mass is 641 g/mol. The number of nitrogens with one attached hydrogen (secondary N) is 3. The van der Waals surface area contributed by atoms with Gasteiger partial charge in [0.15, 0.2) is 5.65 Å². The maximum Gasteiger partial charge on any atom is 0.255 e. The molecule has 3 N–H and O–H groups in total. The number of carbonyl (C=O) groups excluding carboxylic acids is 1. The summed E-state index contributed by atoms with van der Waals surface area (Å²) >= 11 is 0. The molecule has 2 aromatic carbocycles. The van der Waals surface area contributed by atoms with Gasteiger partial charge in [0.2, 0.25) is 0 Å². The van der Waals surface area contributed by atoms with Crippen molar-refractivity contribution in [2.75, 3.05) is 58.0 Å². The van der Waals surface area contributed by atoms with Gasteiger partial charge in [0.05, 0.1) is 29.1 Å². The van der Waals surface area contributed by atoms with E-state index in [0.717, 1.165) is 77.7 Å². The molecule has 246 valence electrons. The van der Waals surface area contributed by atoms with Gasteiger partial charge in [-0.2, -0.15) is 5.26 Å². The van der Waals surface area contributed by atoms with E-state index in [0.29, 0.717) is 11.3 Å². The quantitative estimate of drug-likeness (QED) is 0.174. The third-order valence-electron chi connectivity index (χ3n) is 8.46. The molecule has 0 aliphatic carbocycles. The average molecular weight is 642 g/mol. The minimum Gasteiger partial charge on any atom is -0.392 e. The summed E-state index contributed by atoms with van der Waals surface area (Å²) in [7, 11) is 5.69. The van der Waals surface area contributed by atoms with Crippen LogP contribution >= 0.6 is 0 Å². The Morgan fingerprint density at radius 2 is 1.88 bits per heavy atom. The number of anilines is 2. The summed E-state index contributed by atoms with van der Waals surface area (Å²) in [6, 6.07) is 17.8. The van der Waals surface area contributed by atoms with Crippen molar-refractivity contribution in [1.29, 1.82) is 5.26 Å². The molecule has 10 heteroatoms. The molecule has 1 aliphatic rings. The minimum atomic E-state index is -0.700. The predicted molar refractivity (Wildman–Crippen MR) is 193 cm³/mol. The average Bonchev–Trinajstić information content (AvgIpc) is 3.49. The SMILES string of the molecule is CN=C/C(=C\NC)Nc1cccn2c(C#Cc3cc(C(=O)Nc4cc(CN5CCN(C)CC5)cc(C(C)(C)C#N)c4)ccc3C)cnc12. The van der Waals surface area contributed by atoms with Crippen molar-refractivity contribution in [3.05, 3.63) is 106 Å². The van der Waals surface area contributed by atoms with E-state index in [1.165, 1.54) is 0 Å². The summed E-state index contributed by atoms with van der Waals surface area (Å²) in [5, 5.41) is 19.3. The Labute approximate surface area is 283 Å². The van der Waals surface area contributed by atoms with E-state index in [4.69, 9.17) is 0 Å². The first-order valence-corrected chi connectivity index (χ1v) is 16.0. The normalized spacial score (nSPS) is 14.4. The van der Waals surface area contributed by atoms with Crippen LogP contribution in [0.4, 0.5) is 11.4 Å². The van der Waals surface area contributed by atoms with Crippen LogP contribution in [0.5, 0.6) is 0 Å². The zero-order valence-corrected chi connectivity index (χ0v) is 28.6. The van der Waals surface area contributed by atoms with Crippen LogP contribution in [0.1, 0.15) is 52.2 Å². The number of benzene rings is 2. The zero-order valence-electron chi connectivity index (χ0n) is 28.6. The van der Waals surface area contributed by atoms with Gasteiger partial charge in [-0.3, -0.25) is 19.1 Å². The molecule has 0 bridgehead atoms. The number of rotatable bonds is 9. The number of aliphatic imine (C=N–C) groups is 1. The molecule has 10 nitrogen and oxygen atoms in total. The number of aromatic nitrogens is 2. The number of aryl methyl sites for hydroxylation is 1. The Hall–Kier alpha value is -5.42. The van der Waals surface area contributed by atoms with Crippen LogP contribution in [0.2, 0.25) is 0 Å². The fourth-order valence-corrected chi connectivity index (χ4v) is 5.53. The highest BCUT2D eigenvalue weighted by Gasteiger charge is 2.23. The van der Waals surface area contributed by atoms with Crippen molar-refractivity contribution in [1.82, 2.24) is 24.5 Å². The molecule has 0 atom stereocenters. The predicted octanol–water partition coefficient (Wildman–Crippen LogP) is 5.02. The third kappa shape index (κ3) is 8.10. The van der Waals surface area contributed by atoms with Gasteiger partial charge in [-0.05, 0) is 86.8 Å². The van der Waals surface area contributed by atoms with Gasteiger partial charge in [-0.15, -0.1) is 0 Å². The molecule has 4 aromatic rings. The van der Waals surface area contributed by atoms with E-state index in [2.05, 4.69) is 66.8 Å². The van der Waals surface area contributed by atoms with Gasteiger partial charge in [0, 0.05) is 82.2 Å². The van der Waals surface area contributed by atoms with Gasteiger partial charge in [0.1, 0.15) is 5.69 Å². The van der Waals surface area contributed by atoms with Crippen molar-refractivity contribution < 1.29 is 4.79 Å². The van der Waals surface area contributed by atoms with Gasteiger partial charge in [-0.1, -0.05) is 18.1 Å². The van der Waals surface area contributed by atoms with Crippen LogP contribution in [0.3, 0.4) is 0 Å². The number of piperazine rings is 1. The van der Waals surface area contributed by atoms with E-state index < -0.39 is 5.41 Å². The molecule has 0 saturated carbocycles. The van der Waals surface area contributed by atoms with Gasteiger partial charge in [0.25, 0.3) is 5.91 Å². The third-order valence-corrected chi connectivity index (χ3v) is 8.46. The second-order valence-electron chi connectivity index (χ2n) is 12.6. The first-order chi connectivity index (χ1) is 23.1. The molecule has 1 aliphatic heterocycles. The lowest BCUT2D eigenvalue weighted by molar-refractivity contribution is 0.102. The minimum absolute atomic E-state index is 0.234. The Bertz CT molecular complexity index is 1960. The lowest BCUT2D eigenvalue weighted by Crippen LogP contribution is -2.43. The molecular formula is C38H43N9O. The molecule has 1 amide bonds. The molecule has 5 rings (SSSR count). The van der Waals surface area contributed by atoms with E-state index in [1.807, 2.05) is 87.1 Å². The highest BCUT2D eigenvalue weighted by Crippen LogP contribution is 2.28. The highest BCUT2D eigenvalue weighted by atomic mass is 16.1.